The summed E-state index contributed by atoms with van der Waals surface area (Å²) in [5, 5.41) is 3.73. The smallest absolute Gasteiger partial charge is 0.255 e. The van der Waals surface area contributed by atoms with Crippen LogP contribution in [0, 0.1) is 5.82 Å². The van der Waals surface area contributed by atoms with E-state index in [0.29, 0.717) is 18.7 Å². The van der Waals surface area contributed by atoms with Gasteiger partial charge in [0.1, 0.15) is 6.10 Å². The number of hydrogen-bond acceptors (Lipinski definition) is 5. The second kappa shape index (κ2) is 6.49. The summed E-state index contributed by atoms with van der Waals surface area (Å²) in [5.74, 6) is -0.563. The zero-order valence-electron chi connectivity index (χ0n) is 12.9. The van der Waals surface area contributed by atoms with Crippen LogP contribution in [0.2, 0.25) is 0 Å². The van der Waals surface area contributed by atoms with E-state index in [4.69, 9.17) is 9.47 Å². The Morgan fingerprint density at radius 3 is 3.12 bits per heavy atom. The fraction of sp³-hybridized carbons (Fsp3) is 0.412. The van der Waals surface area contributed by atoms with Gasteiger partial charge in [-0.1, -0.05) is 0 Å². The number of amides is 1. The summed E-state index contributed by atoms with van der Waals surface area (Å²) in [4.78, 5) is 18.6. The van der Waals surface area contributed by atoms with Crippen molar-refractivity contribution >= 4 is 17.2 Å². The first kappa shape index (κ1) is 15.5. The molecule has 2 aliphatic rings. The standard InChI is InChI=1S/C17H17FN2O3S/c18-12-2-1-6-19-16(12)23-15-13-3-4-14(15)22-8-7-20(13)17(21)11-5-9-24-10-11/h1-2,5-6,9-10,13-15H,3-4,7-8H2/t13-,14-,15+/m0/s1. The third kappa shape index (κ3) is 2.78. The van der Waals surface area contributed by atoms with Crippen molar-refractivity contribution in [2.45, 2.75) is 31.1 Å². The molecular weight excluding hydrogens is 331 g/mol. The molecule has 1 aliphatic carbocycles. The molecule has 2 fully saturated rings. The van der Waals surface area contributed by atoms with Crippen molar-refractivity contribution in [1.82, 2.24) is 9.88 Å². The highest BCUT2D eigenvalue weighted by atomic mass is 32.1. The first-order valence-electron chi connectivity index (χ1n) is 7.96. The number of pyridine rings is 1. The van der Waals surface area contributed by atoms with Gasteiger partial charge in [0.25, 0.3) is 11.8 Å². The predicted molar refractivity (Wildman–Crippen MR) is 86.7 cm³/mol. The number of nitrogens with zero attached hydrogens (tertiary/aromatic N) is 2. The van der Waals surface area contributed by atoms with Gasteiger partial charge in [0.05, 0.1) is 24.3 Å². The molecule has 1 aliphatic heterocycles. The Kier molecular flexibility index (Phi) is 4.20. The lowest BCUT2D eigenvalue weighted by molar-refractivity contribution is 0.000309. The number of ether oxygens (including phenoxy) is 2. The van der Waals surface area contributed by atoms with E-state index in [0.717, 1.165) is 12.8 Å². The summed E-state index contributed by atoms with van der Waals surface area (Å²) in [6, 6.07) is 4.52. The van der Waals surface area contributed by atoms with Crippen molar-refractivity contribution in [3.63, 3.8) is 0 Å². The third-order valence-corrected chi connectivity index (χ3v) is 5.24. The minimum absolute atomic E-state index is 0.0255. The van der Waals surface area contributed by atoms with Crippen LogP contribution in [0.5, 0.6) is 5.88 Å². The monoisotopic (exact) mass is 348 g/mol. The Labute approximate surface area is 143 Å². The maximum atomic E-state index is 13.9. The van der Waals surface area contributed by atoms with Gasteiger partial charge in [0.2, 0.25) is 0 Å². The maximum absolute atomic E-state index is 13.9. The molecule has 1 saturated carbocycles. The molecule has 3 heterocycles. The van der Waals surface area contributed by atoms with Crippen molar-refractivity contribution in [3.05, 3.63) is 46.5 Å². The number of aromatic nitrogens is 1. The van der Waals surface area contributed by atoms with E-state index >= 15 is 0 Å². The van der Waals surface area contributed by atoms with Crippen LogP contribution in [0.3, 0.4) is 0 Å². The van der Waals surface area contributed by atoms with Crippen molar-refractivity contribution in [3.8, 4) is 5.88 Å². The quantitative estimate of drug-likeness (QED) is 0.856. The highest BCUT2D eigenvalue weighted by Gasteiger charge is 2.46. The molecule has 0 spiro atoms. The molecular formula is C17H17FN2O3S. The Bertz CT molecular complexity index is 724. The Morgan fingerprint density at radius 1 is 1.42 bits per heavy atom. The van der Waals surface area contributed by atoms with Gasteiger partial charge in [-0.05, 0) is 36.4 Å². The Morgan fingerprint density at radius 2 is 2.33 bits per heavy atom. The van der Waals surface area contributed by atoms with Crippen LogP contribution < -0.4 is 4.74 Å². The molecule has 2 aromatic rings. The van der Waals surface area contributed by atoms with Gasteiger partial charge in [-0.25, -0.2) is 9.37 Å². The summed E-state index contributed by atoms with van der Waals surface area (Å²) in [6.45, 7) is 0.974. The molecule has 1 saturated heterocycles. The van der Waals surface area contributed by atoms with Crippen LogP contribution in [0.4, 0.5) is 4.39 Å². The van der Waals surface area contributed by atoms with Gasteiger partial charge in [0.15, 0.2) is 5.82 Å². The van der Waals surface area contributed by atoms with E-state index in [1.807, 2.05) is 16.8 Å². The van der Waals surface area contributed by atoms with Gasteiger partial charge in [-0.3, -0.25) is 4.79 Å². The minimum atomic E-state index is -0.503. The van der Waals surface area contributed by atoms with E-state index in [9.17, 15) is 9.18 Å². The molecule has 1 amide bonds. The van der Waals surface area contributed by atoms with Crippen LogP contribution in [0.15, 0.2) is 35.2 Å². The van der Waals surface area contributed by atoms with Gasteiger partial charge >= 0.3 is 0 Å². The summed E-state index contributed by atoms with van der Waals surface area (Å²) in [5.41, 5.74) is 0.674. The predicted octanol–water partition coefficient (Wildman–Crippen LogP) is 2.73. The molecule has 24 heavy (non-hydrogen) atoms. The average molecular weight is 348 g/mol. The highest BCUT2D eigenvalue weighted by Crippen LogP contribution is 2.34. The molecule has 0 aromatic carbocycles. The molecule has 4 rings (SSSR count). The fourth-order valence-electron chi connectivity index (χ4n) is 3.44. The van der Waals surface area contributed by atoms with Crippen LogP contribution >= 0.6 is 11.3 Å². The maximum Gasteiger partial charge on any atom is 0.255 e. The zero-order chi connectivity index (χ0) is 16.5. The number of carbonyl (C=O) groups excluding carboxylic acids is 1. The number of fused-ring (bicyclic) bond motifs is 2. The van der Waals surface area contributed by atoms with Gasteiger partial charge in [0, 0.05) is 18.1 Å². The largest absolute Gasteiger partial charge is 0.467 e. The highest BCUT2D eigenvalue weighted by molar-refractivity contribution is 7.08. The Balaban J connectivity index is 1.60. The topological polar surface area (TPSA) is 51.7 Å². The van der Waals surface area contributed by atoms with Gasteiger partial charge in [-0.2, -0.15) is 11.3 Å². The summed E-state index contributed by atoms with van der Waals surface area (Å²) in [6.07, 6.45) is 2.51. The number of halogens is 1. The van der Waals surface area contributed by atoms with Crippen LogP contribution in [0.1, 0.15) is 23.2 Å². The van der Waals surface area contributed by atoms with E-state index in [-0.39, 0.29) is 23.9 Å². The van der Waals surface area contributed by atoms with Crippen molar-refractivity contribution in [2.24, 2.45) is 0 Å². The molecule has 0 radical (unpaired) electrons. The lowest BCUT2D eigenvalue weighted by Gasteiger charge is -2.31. The summed E-state index contributed by atoms with van der Waals surface area (Å²) >= 11 is 1.49. The second-order valence-electron chi connectivity index (χ2n) is 5.94. The van der Waals surface area contributed by atoms with Gasteiger partial charge < -0.3 is 14.4 Å². The van der Waals surface area contributed by atoms with Crippen molar-refractivity contribution < 1.29 is 18.7 Å². The lowest BCUT2D eigenvalue weighted by Crippen LogP contribution is -2.47. The number of thiophene rings is 1. The Hall–Kier alpha value is -1.99. The first-order chi connectivity index (χ1) is 11.7. The molecule has 2 aromatic heterocycles. The van der Waals surface area contributed by atoms with Crippen molar-refractivity contribution in [2.75, 3.05) is 13.2 Å². The number of rotatable bonds is 3. The van der Waals surface area contributed by atoms with E-state index in [1.54, 1.807) is 4.90 Å². The van der Waals surface area contributed by atoms with Crippen LogP contribution in [0.25, 0.3) is 0 Å². The van der Waals surface area contributed by atoms with Crippen molar-refractivity contribution in [1.29, 1.82) is 0 Å². The SMILES string of the molecule is O=C(c1ccsc1)N1CCO[C@H]2CC[C@H]1[C@H]2Oc1ncccc1F. The van der Waals surface area contributed by atoms with Crippen LogP contribution in [-0.2, 0) is 4.74 Å². The van der Waals surface area contributed by atoms with Gasteiger partial charge in [-0.15, -0.1) is 0 Å². The molecule has 126 valence electrons. The summed E-state index contributed by atoms with van der Waals surface area (Å²) < 4.78 is 25.6. The lowest BCUT2D eigenvalue weighted by atomic mass is 10.1. The third-order valence-electron chi connectivity index (χ3n) is 4.56. The fourth-order valence-corrected chi connectivity index (χ4v) is 4.07. The normalized spacial score (nSPS) is 26.2. The molecule has 3 atom stereocenters. The molecule has 0 N–H and O–H groups in total. The minimum Gasteiger partial charge on any atom is -0.467 e. The molecule has 7 heteroatoms. The molecule has 0 unspecified atom stereocenters. The number of carbonyl (C=O) groups is 1. The average Bonchev–Trinajstić information content (AvgIpc) is 3.18. The first-order valence-corrected chi connectivity index (χ1v) is 8.90. The second-order valence-corrected chi connectivity index (χ2v) is 6.72. The number of hydrogen-bond donors (Lipinski definition) is 0. The van der Waals surface area contributed by atoms with E-state index < -0.39 is 11.9 Å². The van der Waals surface area contributed by atoms with E-state index in [1.165, 1.54) is 29.7 Å². The van der Waals surface area contributed by atoms with Crippen LogP contribution in [-0.4, -0.2) is 47.2 Å². The molecule has 5 nitrogen and oxygen atoms in total. The summed E-state index contributed by atoms with van der Waals surface area (Å²) in [7, 11) is 0. The van der Waals surface area contributed by atoms with E-state index in [2.05, 4.69) is 4.98 Å². The zero-order valence-corrected chi connectivity index (χ0v) is 13.7. The molecule has 2 bridgehead atoms.